The Morgan fingerprint density at radius 2 is 1.79 bits per heavy atom. The van der Waals surface area contributed by atoms with Crippen LogP contribution in [0.4, 0.5) is 0 Å². The van der Waals surface area contributed by atoms with Gasteiger partial charge < -0.3 is 15.0 Å². The number of carbonyl (C=O) groups excluding carboxylic acids is 2. The van der Waals surface area contributed by atoms with Gasteiger partial charge in [0.05, 0.1) is 4.47 Å². The fourth-order valence-corrected chi connectivity index (χ4v) is 4.90. The summed E-state index contributed by atoms with van der Waals surface area (Å²) in [5, 5.41) is 3.18. The monoisotopic (exact) mass is 528 g/mol. The molecule has 1 atom stereocenters. The lowest BCUT2D eigenvalue weighted by Gasteiger charge is -2.31. The molecule has 184 valence electrons. The first-order valence-corrected chi connectivity index (χ1v) is 13.2. The van der Waals surface area contributed by atoms with Crippen LogP contribution in [0, 0.1) is 6.92 Å². The highest BCUT2D eigenvalue weighted by molar-refractivity contribution is 9.10. The average molecular weight is 530 g/mol. The van der Waals surface area contributed by atoms with Crippen molar-refractivity contribution in [1.82, 2.24) is 10.2 Å². The van der Waals surface area contributed by atoms with Gasteiger partial charge in [0.25, 0.3) is 5.91 Å². The van der Waals surface area contributed by atoms with E-state index in [0.29, 0.717) is 24.6 Å². The Bertz CT molecular complexity index is 968. The van der Waals surface area contributed by atoms with Crippen molar-refractivity contribution in [2.75, 3.05) is 6.61 Å². The third-order valence-electron chi connectivity index (χ3n) is 6.53. The molecule has 1 saturated carbocycles. The van der Waals surface area contributed by atoms with Gasteiger partial charge in [-0.1, -0.05) is 69.5 Å². The molecule has 6 heteroatoms. The van der Waals surface area contributed by atoms with Gasteiger partial charge >= 0.3 is 0 Å². The van der Waals surface area contributed by atoms with E-state index in [9.17, 15) is 9.59 Å². The molecule has 0 unspecified atom stereocenters. The maximum atomic E-state index is 13.4. The van der Waals surface area contributed by atoms with Crippen LogP contribution in [-0.4, -0.2) is 35.4 Å². The summed E-state index contributed by atoms with van der Waals surface area (Å²) in [5.74, 6) is 0.753. The Kier molecular flexibility index (Phi) is 9.57. The molecule has 2 aromatic rings. The minimum Gasteiger partial charge on any atom is -0.483 e. The zero-order valence-electron chi connectivity index (χ0n) is 20.8. The quantitative estimate of drug-likeness (QED) is 0.403. The molecule has 5 nitrogen and oxygen atoms in total. The van der Waals surface area contributed by atoms with Gasteiger partial charge in [0.15, 0.2) is 6.61 Å². The highest BCUT2D eigenvalue weighted by Crippen LogP contribution is 2.29. The number of carbonyl (C=O) groups is 2. The van der Waals surface area contributed by atoms with Crippen LogP contribution in [0.15, 0.2) is 46.9 Å². The van der Waals surface area contributed by atoms with E-state index in [1.165, 1.54) is 5.56 Å². The summed E-state index contributed by atoms with van der Waals surface area (Å²) < 4.78 is 6.73. The molecular formula is C28H37BrN2O3. The summed E-state index contributed by atoms with van der Waals surface area (Å²) in [5.41, 5.74) is 3.35. The molecule has 0 saturated heterocycles. The van der Waals surface area contributed by atoms with Gasteiger partial charge in [-0.05, 0) is 71.3 Å². The Morgan fingerprint density at radius 3 is 2.38 bits per heavy atom. The molecule has 1 fully saturated rings. The predicted octanol–water partition coefficient (Wildman–Crippen LogP) is 6.13. The van der Waals surface area contributed by atoms with Crippen molar-refractivity contribution < 1.29 is 14.3 Å². The Hall–Kier alpha value is -2.34. The summed E-state index contributed by atoms with van der Waals surface area (Å²) in [6, 6.07) is 13.7. The largest absolute Gasteiger partial charge is 0.483 e. The average Bonchev–Trinajstić information content (AvgIpc) is 3.32. The lowest BCUT2D eigenvalue weighted by molar-refractivity contribution is -0.143. The van der Waals surface area contributed by atoms with E-state index in [4.69, 9.17) is 4.74 Å². The van der Waals surface area contributed by atoms with Gasteiger partial charge in [-0.3, -0.25) is 9.59 Å². The third kappa shape index (κ3) is 7.08. The van der Waals surface area contributed by atoms with Crippen LogP contribution in [0.3, 0.4) is 0 Å². The first kappa shape index (κ1) is 26.3. The van der Waals surface area contributed by atoms with Crippen molar-refractivity contribution in [3.8, 4) is 5.75 Å². The second-order valence-electron chi connectivity index (χ2n) is 9.55. The Morgan fingerprint density at radius 1 is 1.12 bits per heavy atom. The van der Waals surface area contributed by atoms with Crippen LogP contribution in [0.5, 0.6) is 5.75 Å². The summed E-state index contributed by atoms with van der Waals surface area (Å²) in [7, 11) is 0. The number of aryl methyl sites for hydroxylation is 1. The van der Waals surface area contributed by atoms with Crippen LogP contribution >= 0.6 is 15.9 Å². The van der Waals surface area contributed by atoms with Crippen molar-refractivity contribution in [2.24, 2.45) is 0 Å². The van der Waals surface area contributed by atoms with Crippen LogP contribution in [0.25, 0.3) is 0 Å². The fourth-order valence-electron chi connectivity index (χ4n) is 4.39. The van der Waals surface area contributed by atoms with E-state index in [2.05, 4.69) is 35.1 Å². The Labute approximate surface area is 212 Å². The fraction of sp³-hybridized carbons (Fsp3) is 0.500. The first-order valence-electron chi connectivity index (χ1n) is 12.4. The van der Waals surface area contributed by atoms with Gasteiger partial charge in [-0.25, -0.2) is 0 Å². The summed E-state index contributed by atoms with van der Waals surface area (Å²) >= 11 is 3.56. The number of ether oxygens (including phenoxy) is 1. The molecule has 0 heterocycles. The van der Waals surface area contributed by atoms with Crippen LogP contribution in [0.2, 0.25) is 0 Å². The van der Waals surface area contributed by atoms with E-state index in [-0.39, 0.29) is 24.5 Å². The van der Waals surface area contributed by atoms with E-state index in [1.54, 1.807) is 4.90 Å². The number of hydrogen-bond donors (Lipinski definition) is 1. The highest BCUT2D eigenvalue weighted by Gasteiger charge is 2.31. The lowest BCUT2D eigenvalue weighted by atomic mass is 10.0. The zero-order valence-corrected chi connectivity index (χ0v) is 22.4. The summed E-state index contributed by atoms with van der Waals surface area (Å²) in [6.07, 6.45) is 4.86. The minimum absolute atomic E-state index is 0.0719. The summed E-state index contributed by atoms with van der Waals surface area (Å²) in [4.78, 5) is 28.3. The van der Waals surface area contributed by atoms with Gasteiger partial charge in [0, 0.05) is 12.6 Å². The zero-order chi connectivity index (χ0) is 24.7. The molecule has 0 bridgehead atoms. The first-order chi connectivity index (χ1) is 16.3. The number of hydrogen-bond acceptors (Lipinski definition) is 3. The molecule has 0 spiro atoms. The van der Waals surface area contributed by atoms with Crippen molar-refractivity contribution in [3.05, 3.63) is 63.6 Å². The van der Waals surface area contributed by atoms with Gasteiger partial charge in [-0.15, -0.1) is 0 Å². The standard InChI is InChI=1S/C28H37BrN2O3/c1-5-25(28(33)30-23-8-6-7-9-23)31(17-21-12-10-20(4)11-13-21)27(32)18-34-26-15-14-22(19(2)3)16-24(26)29/h10-16,19,23,25H,5-9,17-18H2,1-4H3,(H,30,33)/t25-/m0/s1. The smallest absolute Gasteiger partial charge is 0.261 e. The van der Waals surface area contributed by atoms with Gasteiger partial charge in [0.1, 0.15) is 11.8 Å². The second kappa shape index (κ2) is 12.4. The minimum atomic E-state index is -0.537. The van der Waals surface area contributed by atoms with Crippen molar-refractivity contribution in [1.29, 1.82) is 0 Å². The normalized spacial score (nSPS) is 14.8. The molecule has 2 aromatic carbocycles. The highest BCUT2D eigenvalue weighted by atomic mass is 79.9. The van der Waals surface area contributed by atoms with Crippen molar-refractivity contribution >= 4 is 27.7 Å². The van der Waals surface area contributed by atoms with Gasteiger partial charge in [0.2, 0.25) is 5.91 Å². The summed E-state index contributed by atoms with van der Waals surface area (Å²) in [6.45, 7) is 8.50. The van der Waals surface area contributed by atoms with E-state index < -0.39 is 6.04 Å². The number of halogens is 1. The van der Waals surface area contributed by atoms with E-state index >= 15 is 0 Å². The van der Waals surface area contributed by atoms with Gasteiger partial charge in [-0.2, -0.15) is 0 Å². The molecule has 2 amide bonds. The number of benzene rings is 2. The molecular weight excluding hydrogens is 492 g/mol. The molecule has 1 aliphatic carbocycles. The van der Waals surface area contributed by atoms with Crippen molar-refractivity contribution in [3.63, 3.8) is 0 Å². The number of rotatable bonds is 10. The topological polar surface area (TPSA) is 58.6 Å². The Balaban J connectivity index is 1.76. The molecule has 3 rings (SSSR count). The van der Waals surface area contributed by atoms with Crippen LogP contribution in [0.1, 0.15) is 75.5 Å². The van der Waals surface area contributed by atoms with Crippen molar-refractivity contribution in [2.45, 2.75) is 84.3 Å². The molecule has 34 heavy (non-hydrogen) atoms. The molecule has 0 aromatic heterocycles. The molecule has 0 aliphatic heterocycles. The number of nitrogens with one attached hydrogen (secondary N) is 1. The maximum absolute atomic E-state index is 13.4. The van der Waals surface area contributed by atoms with Crippen LogP contribution in [-0.2, 0) is 16.1 Å². The van der Waals surface area contributed by atoms with Crippen LogP contribution < -0.4 is 10.1 Å². The van der Waals surface area contributed by atoms with E-state index in [1.807, 2.05) is 56.3 Å². The van der Waals surface area contributed by atoms with E-state index in [0.717, 1.165) is 41.3 Å². The molecule has 1 N–H and O–H groups in total. The maximum Gasteiger partial charge on any atom is 0.261 e. The molecule has 0 radical (unpaired) electrons. The predicted molar refractivity (Wildman–Crippen MR) is 140 cm³/mol. The number of nitrogens with zero attached hydrogens (tertiary/aromatic N) is 1. The SMILES string of the molecule is CC[C@@H](C(=O)NC1CCCC1)N(Cc1ccc(C)cc1)C(=O)COc1ccc(C(C)C)cc1Br. The number of amides is 2. The second-order valence-corrected chi connectivity index (χ2v) is 10.4. The lowest BCUT2D eigenvalue weighted by Crippen LogP contribution is -2.52. The third-order valence-corrected chi connectivity index (χ3v) is 7.15. The molecule has 1 aliphatic rings.